The number of phenols is 1. The zero-order valence-corrected chi connectivity index (χ0v) is 9.83. The Hall–Kier alpha value is -0.360. The second-order valence-electron chi connectivity index (χ2n) is 2.99. The Balaban J connectivity index is 3.13. The summed E-state index contributed by atoms with van der Waals surface area (Å²) in [6.45, 7) is 0. The third kappa shape index (κ3) is 2.81. The van der Waals surface area contributed by atoms with E-state index < -0.39 is 23.8 Å². The molecule has 1 aromatic carbocycles. The Morgan fingerprint density at radius 2 is 2.00 bits per heavy atom. The first-order valence-electron chi connectivity index (χ1n) is 4.07. The van der Waals surface area contributed by atoms with Crippen LogP contribution in [-0.2, 0) is 0 Å². The highest BCUT2D eigenvalue weighted by Crippen LogP contribution is 2.32. The van der Waals surface area contributed by atoms with E-state index >= 15 is 0 Å². The Labute approximate surface area is 99.2 Å². The molecule has 0 amide bonds. The predicted molar refractivity (Wildman–Crippen MR) is 57.8 cm³/mol. The molecule has 0 saturated carbocycles. The van der Waals surface area contributed by atoms with E-state index in [1.807, 2.05) is 0 Å². The van der Waals surface area contributed by atoms with Gasteiger partial charge in [-0.25, -0.2) is 4.39 Å². The van der Waals surface area contributed by atoms with Crippen molar-refractivity contribution in [1.82, 2.24) is 0 Å². The quantitative estimate of drug-likeness (QED) is 0.748. The fourth-order valence-corrected chi connectivity index (χ4v) is 1.67. The summed E-state index contributed by atoms with van der Waals surface area (Å²) in [6, 6.07) is 2.13. The molecular weight excluding hydrogens is 290 g/mol. The number of hydrogen-bond acceptors (Lipinski definition) is 3. The van der Waals surface area contributed by atoms with Crippen LogP contribution >= 0.6 is 27.5 Å². The first kappa shape index (κ1) is 12.7. The van der Waals surface area contributed by atoms with Crippen LogP contribution in [0.1, 0.15) is 11.7 Å². The van der Waals surface area contributed by atoms with E-state index in [-0.39, 0.29) is 15.9 Å². The van der Waals surface area contributed by atoms with Crippen molar-refractivity contribution in [3.63, 3.8) is 0 Å². The van der Waals surface area contributed by atoms with Crippen LogP contribution < -0.4 is 0 Å². The molecule has 0 aromatic heterocycles. The van der Waals surface area contributed by atoms with Crippen LogP contribution in [0.2, 0.25) is 5.02 Å². The minimum absolute atomic E-state index is 0.0427. The van der Waals surface area contributed by atoms with Gasteiger partial charge >= 0.3 is 0 Å². The molecule has 0 radical (unpaired) electrons. The van der Waals surface area contributed by atoms with Crippen molar-refractivity contribution in [3.8, 4) is 5.75 Å². The number of halogens is 3. The monoisotopic (exact) mass is 298 g/mol. The Bertz CT molecular complexity index is 361. The highest BCUT2D eigenvalue weighted by atomic mass is 79.9. The van der Waals surface area contributed by atoms with Gasteiger partial charge in [0.25, 0.3) is 0 Å². The van der Waals surface area contributed by atoms with Gasteiger partial charge in [-0.15, -0.1) is 0 Å². The van der Waals surface area contributed by atoms with Gasteiger partial charge in [-0.2, -0.15) is 0 Å². The number of alkyl halides is 1. The number of aromatic hydroxyl groups is 1. The van der Waals surface area contributed by atoms with Gasteiger partial charge in [0.1, 0.15) is 6.10 Å². The molecule has 0 aliphatic carbocycles. The molecule has 6 heteroatoms. The molecule has 84 valence electrons. The average molecular weight is 300 g/mol. The van der Waals surface area contributed by atoms with Gasteiger partial charge in [0.15, 0.2) is 11.6 Å². The van der Waals surface area contributed by atoms with Crippen LogP contribution in [0.15, 0.2) is 12.1 Å². The SMILES string of the molecule is Oc1c(F)cc(Cl)cc1C(O)C(O)CBr. The predicted octanol–water partition coefficient (Wildman–Crippen LogP) is 1.97. The zero-order valence-electron chi connectivity index (χ0n) is 7.49. The number of phenolic OH excluding ortho intramolecular Hbond substituents is 1. The Kier molecular flexibility index (Phi) is 4.33. The van der Waals surface area contributed by atoms with E-state index in [2.05, 4.69) is 15.9 Å². The van der Waals surface area contributed by atoms with E-state index in [1.165, 1.54) is 6.07 Å². The molecular formula is C9H9BrClFO3. The first-order valence-corrected chi connectivity index (χ1v) is 5.57. The van der Waals surface area contributed by atoms with Gasteiger partial charge in [-0.05, 0) is 12.1 Å². The molecule has 0 aliphatic heterocycles. The third-order valence-electron chi connectivity index (χ3n) is 1.90. The molecule has 0 fully saturated rings. The summed E-state index contributed by atoms with van der Waals surface area (Å²) in [4.78, 5) is 0. The van der Waals surface area contributed by atoms with E-state index in [0.717, 1.165) is 6.07 Å². The molecule has 2 atom stereocenters. The minimum atomic E-state index is -1.39. The summed E-state index contributed by atoms with van der Waals surface area (Å²) < 4.78 is 13.0. The second kappa shape index (κ2) is 5.12. The van der Waals surface area contributed by atoms with Crippen molar-refractivity contribution in [2.75, 3.05) is 5.33 Å². The van der Waals surface area contributed by atoms with Crippen LogP contribution in [0, 0.1) is 5.82 Å². The first-order chi connectivity index (χ1) is 6.97. The van der Waals surface area contributed by atoms with Gasteiger partial charge in [-0.1, -0.05) is 27.5 Å². The van der Waals surface area contributed by atoms with E-state index in [0.29, 0.717) is 0 Å². The van der Waals surface area contributed by atoms with Gasteiger partial charge < -0.3 is 15.3 Å². The fourth-order valence-electron chi connectivity index (χ4n) is 1.10. The summed E-state index contributed by atoms with van der Waals surface area (Å²) in [6.07, 6.45) is -2.54. The molecule has 0 bridgehead atoms. The molecule has 15 heavy (non-hydrogen) atoms. The molecule has 3 N–H and O–H groups in total. The molecule has 0 spiro atoms. The summed E-state index contributed by atoms with van der Waals surface area (Å²) in [5.41, 5.74) is -0.132. The van der Waals surface area contributed by atoms with Crippen molar-refractivity contribution in [1.29, 1.82) is 0 Å². The Morgan fingerprint density at radius 3 is 2.53 bits per heavy atom. The minimum Gasteiger partial charge on any atom is -0.505 e. The van der Waals surface area contributed by atoms with Crippen LogP contribution in [0.25, 0.3) is 0 Å². The molecule has 0 heterocycles. The van der Waals surface area contributed by atoms with Crippen molar-refractivity contribution in [2.45, 2.75) is 12.2 Å². The van der Waals surface area contributed by atoms with E-state index in [1.54, 1.807) is 0 Å². The summed E-state index contributed by atoms with van der Waals surface area (Å²) in [5, 5.41) is 28.3. The molecule has 0 saturated heterocycles. The van der Waals surface area contributed by atoms with Crippen molar-refractivity contribution < 1.29 is 19.7 Å². The highest BCUT2D eigenvalue weighted by Gasteiger charge is 2.22. The second-order valence-corrected chi connectivity index (χ2v) is 4.08. The van der Waals surface area contributed by atoms with Crippen LogP contribution in [0.3, 0.4) is 0 Å². The van der Waals surface area contributed by atoms with Gasteiger partial charge in [-0.3, -0.25) is 0 Å². The van der Waals surface area contributed by atoms with Crippen molar-refractivity contribution >= 4 is 27.5 Å². The lowest BCUT2D eigenvalue weighted by Gasteiger charge is -2.17. The molecule has 1 rings (SSSR count). The molecule has 0 aliphatic rings. The maximum Gasteiger partial charge on any atom is 0.166 e. The summed E-state index contributed by atoms with van der Waals surface area (Å²) in [7, 11) is 0. The normalized spacial score (nSPS) is 15.0. The maximum absolute atomic E-state index is 13.0. The standard InChI is InChI=1S/C9H9BrClFO3/c10-3-7(13)9(15)5-1-4(11)2-6(12)8(5)14/h1-2,7,9,13-15H,3H2. The van der Waals surface area contributed by atoms with E-state index in [9.17, 15) is 19.7 Å². The van der Waals surface area contributed by atoms with Crippen molar-refractivity contribution in [2.24, 2.45) is 0 Å². The van der Waals surface area contributed by atoms with Crippen LogP contribution in [0.4, 0.5) is 4.39 Å². The van der Waals surface area contributed by atoms with Gasteiger partial charge in [0, 0.05) is 15.9 Å². The van der Waals surface area contributed by atoms with Crippen molar-refractivity contribution in [3.05, 3.63) is 28.5 Å². The number of hydrogen-bond donors (Lipinski definition) is 3. The van der Waals surface area contributed by atoms with Crippen LogP contribution in [0.5, 0.6) is 5.75 Å². The number of aliphatic hydroxyl groups is 2. The van der Waals surface area contributed by atoms with Gasteiger partial charge in [0.2, 0.25) is 0 Å². The lowest BCUT2D eigenvalue weighted by Crippen LogP contribution is -2.19. The fraction of sp³-hybridized carbons (Fsp3) is 0.333. The number of rotatable bonds is 3. The summed E-state index contributed by atoms with van der Waals surface area (Å²) >= 11 is 8.51. The number of aliphatic hydroxyl groups excluding tert-OH is 2. The lowest BCUT2D eigenvalue weighted by atomic mass is 10.0. The smallest absolute Gasteiger partial charge is 0.166 e. The lowest BCUT2D eigenvalue weighted by molar-refractivity contribution is 0.0325. The van der Waals surface area contributed by atoms with Gasteiger partial charge in [0.05, 0.1) is 6.10 Å². The van der Waals surface area contributed by atoms with Crippen LogP contribution in [-0.4, -0.2) is 26.8 Å². The largest absolute Gasteiger partial charge is 0.505 e. The molecule has 2 unspecified atom stereocenters. The van der Waals surface area contributed by atoms with E-state index in [4.69, 9.17) is 11.6 Å². The highest BCUT2D eigenvalue weighted by molar-refractivity contribution is 9.09. The third-order valence-corrected chi connectivity index (χ3v) is 2.78. The molecule has 1 aromatic rings. The summed E-state index contributed by atoms with van der Waals surface area (Å²) in [5.74, 6) is -1.63. The number of benzene rings is 1. The average Bonchev–Trinajstić information content (AvgIpc) is 2.21. The zero-order chi connectivity index (χ0) is 11.6. The molecule has 3 nitrogen and oxygen atoms in total. The Morgan fingerprint density at radius 1 is 1.40 bits per heavy atom. The maximum atomic E-state index is 13.0. The topological polar surface area (TPSA) is 60.7 Å².